The molecule has 0 spiro atoms. The molecule has 0 unspecified atom stereocenters. The van der Waals surface area contributed by atoms with E-state index in [4.69, 9.17) is 0 Å². The second-order valence-corrected chi connectivity index (χ2v) is 5.20. The molecule has 0 atom stereocenters. The Morgan fingerprint density at radius 1 is 0.700 bits per heavy atom. The molecule has 2 N–H and O–H groups in total. The predicted molar refractivity (Wildman–Crippen MR) is 76.1 cm³/mol. The third kappa shape index (κ3) is 3.84. The molecule has 20 heavy (non-hydrogen) atoms. The van der Waals surface area contributed by atoms with Crippen LogP contribution in [-0.4, -0.2) is 10.2 Å². The van der Waals surface area contributed by atoms with Gasteiger partial charge >= 0.3 is 0 Å². The molecule has 2 nitrogen and oxygen atoms in total. The number of unbranched alkanes of at least 4 members (excludes halogenated alkanes) is 4. The summed E-state index contributed by atoms with van der Waals surface area (Å²) < 4.78 is 27.5. The normalized spacial score (nSPS) is 11.0. The number of benzene rings is 1. The van der Waals surface area contributed by atoms with E-state index in [1.165, 1.54) is 0 Å². The van der Waals surface area contributed by atoms with Crippen molar-refractivity contribution in [1.82, 2.24) is 0 Å². The smallest absolute Gasteiger partial charge is 0.204 e. The Labute approximate surface area is 119 Å². The number of halogens is 2. The first-order valence-corrected chi connectivity index (χ1v) is 7.45. The largest absolute Gasteiger partial charge is 0.504 e. The van der Waals surface area contributed by atoms with Gasteiger partial charge in [-0.25, -0.2) is 4.39 Å². The third-order valence-electron chi connectivity index (χ3n) is 3.60. The fourth-order valence-electron chi connectivity index (χ4n) is 2.39. The average molecular weight is 286 g/mol. The minimum Gasteiger partial charge on any atom is -0.504 e. The first-order chi connectivity index (χ1) is 9.54. The average Bonchev–Trinajstić information content (AvgIpc) is 2.45. The molecule has 4 heteroatoms. The van der Waals surface area contributed by atoms with Crippen molar-refractivity contribution in [2.45, 2.75) is 65.2 Å². The molecule has 1 aromatic rings. The van der Waals surface area contributed by atoms with Crippen LogP contribution in [0.5, 0.6) is 11.5 Å². The summed E-state index contributed by atoms with van der Waals surface area (Å²) in [7, 11) is 0. The molecule has 0 bridgehead atoms. The summed E-state index contributed by atoms with van der Waals surface area (Å²) in [5, 5.41) is 19.3. The third-order valence-corrected chi connectivity index (χ3v) is 3.60. The molecule has 0 saturated carbocycles. The van der Waals surface area contributed by atoms with Crippen molar-refractivity contribution in [2.75, 3.05) is 0 Å². The summed E-state index contributed by atoms with van der Waals surface area (Å²) in [6.45, 7) is 4.08. The van der Waals surface area contributed by atoms with Crippen molar-refractivity contribution >= 4 is 0 Å². The Kier molecular flexibility index (Phi) is 6.76. The van der Waals surface area contributed by atoms with Crippen molar-refractivity contribution in [3.63, 3.8) is 0 Å². The summed E-state index contributed by atoms with van der Waals surface area (Å²) in [4.78, 5) is 0. The van der Waals surface area contributed by atoms with Gasteiger partial charge < -0.3 is 10.2 Å². The van der Waals surface area contributed by atoms with E-state index in [0.717, 1.165) is 38.5 Å². The van der Waals surface area contributed by atoms with E-state index in [-0.39, 0.29) is 5.56 Å². The van der Waals surface area contributed by atoms with E-state index in [2.05, 4.69) is 0 Å². The molecule has 0 heterocycles. The lowest BCUT2D eigenvalue weighted by atomic mass is 9.95. The Hall–Kier alpha value is -1.32. The van der Waals surface area contributed by atoms with E-state index in [1.807, 2.05) is 13.8 Å². The van der Waals surface area contributed by atoms with Gasteiger partial charge in [0.1, 0.15) is 0 Å². The number of hydrogen-bond acceptors (Lipinski definition) is 2. The Bertz CT molecular complexity index is 404. The van der Waals surface area contributed by atoms with Crippen molar-refractivity contribution < 1.29 is 19.0 Å². The molecular formula is C16H24F2O2. The van der Waals surface area contributed by atoms with Crippen LogP contribution in [0.2, 0.25) is 0 Å². The van der Waals surface area contributed by atoms with Crippen LogP contribution in [0.3, 0.4) is 0 Å². The lowest BCUT2D eigenvalue weighted by Gasteiger charge is -2.15. The number of aromatic hydroxyl groups is 2. The molecule has 114 valence electrons. The Morgan fingerprint density at radius 2 is 1.20 bits per heavy atom. The molecule has 0 aliphatic heterocycles. The first kappa shape index (κ1) is 16.7. The minimum absolute atomic E-state index is 0.224. The zero-order valence-corrected chi connectivity index (χ0v) is 12.3. The highest BCUT2D eigenvalue weighted by molar-refractivity contribution is 5.51. The zero-order valence-electron chi connectivity index (χ0n) is 12.3. The molecule has 0 saturated heterocycles. The molecule has 0 radical (unpaired) electrons. The molecule has 0 fully saturated rings. The van der Waals surface area contributed by atoms with Gasteiger partial charge in [0.15, 0.2) is 17.3 Å². The summed E-state index contributed by atoms with van der Waals surface area (Å²) in [6, 6.07) is 0. The highest BCUT2D eigenvalue weighted by Crippen LogP contribution is 2.38. The maximum atomic E-state index is 14.0. The van der Waals surface area contributed by atoms with Crippen LogP contribution in [-0.2, 0) is 12.8 Å². The fraction of sp³-hybridized carbons (Fsp3) is 0.625. The first-order valence-electron chi connectivity index (χ1n) is 7.45. The Balaban J connectivity index is 3.08. The summed E-state index contributed by atoms with van der Waals surface area (Å²) >= 11 is 0. The lowest BCUT2D eigenvalue weighted by Crippen LogP contribution is -2.03. The van der Waals surface area contributed by atoms with Crippen LogP contribution >= 0.6 is 0 Å². The number of hydrogen-bond donors (Lipinski definition) is 2. The fourth-order valence-corrected chi connectivity index (χ4v) is 2.39. The molecule has 1 aromatic carbocycles. The molecule has 0 aromatic heterocycles. The summed E-state index contributed by atoms with van der Waals surface area (Å²) in [5.41, 5.74) is 0.591. The molecular weight excluding hydrogens is 262 g/mol. The second-order valence-electron chi connectivity index (χ2n) is 5.20. The van der Waals surface area contributed by atoms with Crippen LogP contribution in [0.25, 0.3) is 0 Å². The van der Waals surface area contributed by atoms with Crippen LogP contribution < -0.4 is 0 Å². The maximum absolute atomic E-state index is 14.0. The molecule has 0 aliphatic carbocycles. The van der Waals surface area contributed by atoms with Gasteiger partial charge in [-0.2, -0.15) is 4.39 Å². The van der Waals surface area contributed by atoms with Gasteiger partial charge in [-0.3, -0.25) is 0 Å². The van der Waals surface area contributed by atoms with E-state index >= 15 is 0 Å². The SMILES string of the molecule is CCCCCc1c(O)c(O)c(F)c(F)c1CCCCC. The van der Waals surface area contributed by atoms with E-state index in [0.29, 0.717) is 18.4 Å². The standard InChI is InChI=1S/C16H24F2O2/c1-3-5-7-9-11-12(10-8-6-4-2)15(19)16(20)14(18)13(11)17/h19-20H,3-10H2,1-2H3. The van der Waals surface area contributed by atoms with Crippen molar-refractivity contribution in [1.29, 1.82) is 0 Å². The van der Waals surface area contributed by atoms with Crippen LogP contribution in [0.4, 0.5) is 8.78 Å². The molecule has 0 aliphatic rings. The van der Waals surface area contributed by atoms with Gasteiger partial charge in [-0.1, -0.05) is 39.5 Å². The quantitative estimate of drug-likeness (QED) is 0.530. The van der Waals surface area contributed by atoms with Crippen molar-refractivity contribution in [2.24, 2.45) is 0 Å². The van der Waals surface area contributed by atoms with Gasteiger partial charge in [0.2, 0.25) is 5.82 Å². The van der Waals surface area contributed by atoms with Crippen LogP contribution in [0.1, 0.15) is 63.5 Å². The Morgan fingerprint density at radius 3 is 1.70 bits per heavy atom. The monoisotopic (exact) mass is 286 g/mol. The highest BCUT2D eigenvalue weighted by Gasteiger charge is 2.23. The summed E-state index contributed by atoms with van der Waals surface area (Å²) in [6.07, 6.45) is 6.26. The van der Waals surface area contributed by atoms with E-state index in [9.17, 15) is 19.0 Å². The topological polar surface area (TPSA) is 40.5 Å². The summed E-state index contributed by atoms with van der Waals surface area (Å²) in [5.74, 6) is -3.81. The van der Waals surface area contributed by atoms with Gasteiger partial charge in [0.05, 0.1) is 0 Å². The van der Waals surface area contributed by atoms with Gasteiger partial charge in [0, 0.05) is 5.56 Å². The van der Waals surface area contributed by atoms with Crippen LogP contribution in [0.15, 0.2) is 0 Å². The molecule has 0 amide bonds. The van der Waals surface area contributed by atoms with Crippen LogP contribution in [0, 0.1) is 11.6 Å². The number of rotatable bonds is 8. The van der Waals surface area contributed by atoms with Crippen molar-refractivity contribution in [3.05, 3.63) is 22.8 Å². The minimum atomic E-state index is -1.34. The van der Waals surface area contributed by atoms with E-state index < -0.39 is 23.1 Å². The van der Waals surface area contributed by atoms with Gasteiger partial charge in [-0.05, 0) is 31.2 Å². The number of phenols is 2. The van der Waals surface area contributed by atoms with E-state index in [1.54, 1.807) is 0 Å². The second kappa shape index (κ2) is 8.08. The maximum Gasteiger partial charge on any atom is 0.204 e. The number of phenolic OH excluding ortho intramolecular Hbond substituents is 2. The highest BCUT2D eigenvalue weighted by atomic mass is 19.2. The van der Waals surface area contributed by atoms with Gasteiger partial charge in [0.25, 0.3) is 0 Å². The predicted octanol–water partition coefficient (Wildman–Crippen LogP) is 4.84. The lowest BCUT2D eigenvalue weighted by molar-refractivity contribution is 0.356. The molecule has 1 rings (SSSR count). The van der Waals surface area contributed by atoms with Crippen molar-refractivity contribution in [3.8, 4) is 11.5 Å². The van der Waals surface area contributed by atoms with Gasteiger partial charge in [-0.15, -0.1) is 0 Å². The zero-order chi connectivity index (χ0) is 15.1.